The van der Waals surface area contributed by atoms with E-state index in [0.717, 1.165) is 62.5 Å². The summed E-state index contributed by atoms with van der Waals surface area (Å²) in [7, 11) is 0. The van der Waals surface area contributed by atoms with E-state index in [1.165, 1.54) is 23.6 Å². The molecule has 0 aromatic heterocycles. The first-order valence-electron chi connectivity index (χ1n) is 18.3. The van der Waals surface area contributed by atoms with Gasteiger partial charge in [0.2, 0.25) is 0 Å². The molecule has 0 amide bonds. The quantitative estimate of drug-likeness (QED) is 0.0594. The summed E-state index contributed by atoms with van der Waals surface area (Å²) in [6.07, 6.45) is 20.1. The van der Waals surface area contributed by atoms with Gasteiger partial charge >= 0.3 is 5.97 Å². The van der Waals surface area contributed by atoms with Crippen molar-refractivity contribution in [1.29, 1.82) is 0 Å². The molecule has 0 spiro atoms. The van der Waals surface area contributed by atoms with Crippen LogP contribution in [-0.4, -0.2) is 51.0 Å². The highest BCUT2D eigenvalue weighted by atomic mass is 16.6. The van der Waals surface area contributed by atoms with Crippen LogP contribution in [0.5, 0.6) is 0 Å². The Bertz CT molecular complexity index is 1320. The van der Waals surface area contributed by atoms with Crippen molar-refractivity contribution in [1.82, 2.24) is 0 Å². The first-order chi connectivity index (χ1) is 22.1. The molecule has 0 bridgehead atoms. The van der Waals surface area contributed by atoms with E-state index in [1.807, 2.05) is 20.8 Å². The number of carbonyl (C=O) groups excluding carboxylic acids is 2. The van der Waals surface area contributed by atoms with Crippen molar-refractivity contribution >= 4 is 11.8 Å². The number of esters is 1. The van der Waals surface area contributed by atoms with Crippen LogP contribution in [-0.2, 0) is 19.1 Å². The number of aliphatic hydroxyl groups excluding tert-OH is 1. The number of fused-ring (bicyclic) bond motifs is 1. The lowest BCUT2D eigenvalue weighted by atomic mass is 9.61. The molecular weight excluding hydrogens is 600 g/mol. The number of ketones is 1. The molecule has 1 aliphatic heterocycles. The van der Waals surface area contributed by atoms with Gasteiger partial charge in [0, 0.05) is 26.2 Å². The molecule has 1 heterocycles. The molecule has 5 atom stereocenters. The Morgan fingerprint density at radius 1 is 0.792 bits per heavy atom. The number of hydrogen-bond acceptors (Lipinski definition) is 6. The minimum absolute atomic E-state index is 0.157. The van der Waals surface area contributed by atoms with Gasteiger partial charge in [0.1, 0.15) is 11.7 Å². The van der Waals surface area contributed by atoms with Crippen LogP contribution in [0.25, 0.3) is 0 Å². The molecule has 2 aliphatic carbocycles. The van der Waals surface area contributed by atoms with Crippen molar-refractivity contribution in [3.05, 3.63) is 58.2 Å². The molecule has 270 valence electrons. The molecular formula is C42H66O6. The monoisotopic (exact) mass is 666 g/mol. The molecule has 0 radical (unpaired) electrons. The summed E-state index contributed by atoms with van der Waals surface area (Å²) >= 11 is 0. The van der Waals surface area contributed by atoms with Gasteiger partial charge in [0.05, 0.1) is 17.3 Å². The number of hydrogen-bond donors (Lipinski definition) is 2. The number of allylic oxidation sites excluding steroid dienone is 9. The van der Waals surface area contributed by atoms with Crippen molar-refractivity contribution < 1.29 is 29.3 Å². The predicted molar refractivity (Wildman–Crippen MR) is 195 cm³/mol. The van der Waals surface area contributed by atoms with Crippen LogP contribution >= 0.6 is 0 Å². The van der Waals surface area contributed by atoms with E-state index in [1.54, 1.807) is 0 Å². The van der Waals surface area contributed by atoms with Gasteiger partial charge in [-0.3, -0.25) is 9.59 Å². The van der Waals surface area contributed by atoms with E-state index in [0.29, 0.717) is 25.7 Å². The van der Waals surface area contributed by atoms with Gasteiger partial charge in [-0.25, -0.2) is 0 Å². The Balaban J connectivity index is 1.38. The highest BCUT2D eigenvalue weighted by Crippen LogP contribution is 2.67. The minimum atomic E-state index is -0.990. The van der Waals surface area contributed by atoms with Crippen molar-refractivity contribution in [2.45, 2.75) is 182 Å². The average molecular weight is 667 g/mol. The molecule has 3 fully saturated rings. The summed E-state index contributed by atoms with van der Waals surface area (Å²) in [5, 5.41) is 21.5. The number of rotatable bonds is 15. The second-order valence-corrected chi connectivity index (χ2v) is 17.0. The van der Waals surface area contributed by atoms with E-state index in [9.17, 15) is 19.8 Å². The largest absolute Gasteiger partial charge is 0.462 e. The fraction of sp³-hybridized carbons (Fsp3) is 0.714. The smallest absolute Gasteiger partial charge is 0.302 e. The number of epoxide rings is 1. The summed E-state index contributed by atoms with van der Waals surface area (Å²) < 4.78 is 11.7. The lowest BCUT2D eigenvalue weighted by molar-refractivity contribution is -0.152. The van der Waals surface area contributed by atoms with Crippen molar-refractivity contribution in [2.24, 2.45) is 10.8 Å². The maximum Gasteiger partial charge on any atom is 0.302 e. The van der Waals surface area contributed by atoms with Crippen LogP contribution in [0.2, 0.25) is 0 Å². The lowest BCUT2D eigenvalue weighted by Gasteiger charge is -2.46. The lowest BCUT2D eigenvalue weighted by Crippen LogP contribution is -2.48. The number of ether oxygens (including phenoxy) is 2. The molecule has 0 aromatic rings. The van der Waals surface area contributed by atoms with Gasteiger partial charge in [-0.15, -0.1) is 0 Å². The molecule has 2 N–H and O–H groups in total. The number of Topliss-reactive ketones (excluding diaryl/α,β-unsaturated/α-hetero) is 1. The normalized spacial score (nSPS) is 33.0. The molecule has 0 unspecified atom stereocenters. The Morgan fingerprint density at radius 3 is 1.90 bits per heavy atom. The Kier molecular flexibility index (Phi) is 13.2. The third-order valence-electron chi connectivity index (χ3n) is 11.3. The summed E-state index contributed by atoms with van der Waals surface area (Å²) in [5.74, 6) is -0.137. The van der Waals surface area contributed by atoms with Gasteiger partial charge in [-0.05, 0) is 121 Å². The Morgan fingerprint density at radius 2 is 1.35 bits per heavy atom. The highest BCUT2D eigenvalue weighted by Gasteiger charge is 2.76. The standard InChI is InChI=1S/C42H66O6/c1-29(18-14-19-31(3)22-23-37-38(6,7)26-35(47-33(5)43)27-40(37,10)46)16-12-13-17-30(2)20-15-21-32(4)36(45)28-42-39(8,9)24-34(44)25-41(42,11)48-42/h16-17,19,21,23,34-35,44,46H,12-15,18,20,22,24-28H2,1-11H3/b29-16+,30-17-,31-19+,32-21+,37-23?/t34-,35-,40+,41+,42-/m0/s1. The van der Waals surface area contributed by atoms with Crippen LogP contribution < -0.4 is 0 Å². The van der Waals surface area contributed by atoms with Crippen LogP contribution in [0.3, 0.4) is 0 Å². The third-order valence-corrected chi connectivity index (χ3v) is 11.3. The maximum atomic E-state index is 13.1. The van der Waals surface area contributed by atoms with E-state index >= 15 is 0 Å². The van der Waals surface area contributed by atoms with Gasteiger partial charge in [0.15, 0.2) is 5.78 Å². The zero-order valence-electron chi connectivity index (χ0n) is 32.1. The van der Waals surface area contributed by atoms with Gasteiger partial charge < -0.3 is 19.7 Å². The van der Waals surface area contributed by atoms with Crippen LogP contribution in [0.4, 0.5) is 0 Å². The number of carbonyl (C=O) groups is 2. The average Bonchev–Trinajstić information content (AvgIpc) is 3.53. The van der Waals surface area contributed by atoms with Gasteiger partial charge in [-0.2, -0.15) is 0 Å². The zero-order chi connectivity index (χ0) is 36.1. The van der Waals surface area contributed by atoms with Gasteiger partial charge in [-0.1, -0.05) is 74.8 Å². The van der Waals surface area contributed by atoms with Crippen LogP contribution in [0.1, 0.15) is 153 Å². The highest BCUT2D eigenvalue weighted by molar-refractivity contribution is 5.96. The molecule has 6 nitrogen and oxygen atoms in total. The van der Waals surface area contributed by atoms with E-state index in [4.69, 9.17) is 9.47 Å². The second kappa shape index (κ2) is 15.7. The molecule has 48 heavy (non-hydrogen) atoms. The minimum Gasteiger partial charge on any atom is -0.462 e. The van der Waals surface area contributed by atoms with E-state index in [-0.39, 0.29) is 34.8 Å². The summed E-state index contributed by atoms with van der Waals surface area (Å²) in [6, 6.07) is 0. The molecule has 6 heteroatoms. The maximum absolute atomic E-state index is 13.1. The Hall–Kier alpha value is -2.28. The van der Waals surface area contributed by atoms with Crippen molar-refractivity contribution in [3.63, 3.8) is 0 Å². The van der Waals surface area contributed by atoms with Crippen molar-refractivity contribution in [2.75, 3.05) is 0 Å². The SMILES string of the molecule is CC(=O)O[C@H]1CC(C)(C)C(=CC/C(C)=C/CC/C(C)=C/CC/C=C(/C)CC/C=C(\C)C(=O)C[C@@]23O[C@]2(C)C[C@@H](O)CC3(C)C)[C@](C)(O)C1. The van der Waals surface area contributed by atoms with Crippen molar-refractivity contribution in [3.8, 4) is 0 Å². The first kappa shape index (κ1) is 40.2. The molecule has 1 saturated heterocycles. The second-order valence-electron chi connectivity index (χ2n) is 17.0. The van der Waals surface area contributed by atoms with E-state index < -0.39 is 16.8 Å². The van der Waals surface area contributed by atoms with Crippen LogP contribution in [0.15, 0.2) is 58.2 Å². The summed E-state index contributed by atoms with van der Waals surface area (Å²) in [4.78, 5) is 24.6. The fourth-order valence-electron chi connectivity index (χ4n) is 8.76. The first-order valence-corrected chi connectivity index (χ1v) is 18.3. The van der Waals surface area contributed by atoms with E-state index in [2.05, 4.69) is 78.8 Å². The Labute approximate surface area is 291 Å². The molecule has 0 aromatic carbocycles. The molecule has 2 saturated carbocycles. The fourth-order valence-corrected chi connectivity index (χ4v) is 8.76. The number of unbranched alkanes of at least 4 members (excludes halogenated alkanes) is 1. The number of aliphatic hydroxyl groups is 2. The predicted octanol–water partition coefficient (Wildman–Crippen LogP) is 9.60. The topological polar surface area (TPSA) is 96.4 Å². The zero-order valence-corrected chi connectivity index (χ0v) is 32.1. The third kappa shape index (κ3) is 10.1. The summed E-state index contributed by atoms with van der Waals surface area (Å²) in [6.45, 7) is 22.3. The molecule has 3 aliphatic rings. The van der Waals surface area contributed by atoms with Crippen LogP contribution in [0, 0.1) is 10.8 Å². The van der Waals surface area contributed by atoms with Gasteiger partial charge in [0.25, 0.3) is 0 Å². The summed E-state index contributed by atoms with van der Waals surface area (Å²) in [5.41, 5.74) is 3.58. The molecule has 3 rings (SSSR count).